The normalized spacial score (nSPS) is 19.6. The van der Waals surface area contributed by atoms with Crippen molar-refractivity contribution in [3.8, 4) is 0 Å². The van der Waals surface area contributed by atoms with Gasteiger partial charge in [-0.15, -0.1) is 0 Å². The van der Waals surface area contributed by atoms with Crippen LogP contribution in [-0.4, -0.2) is 250 Å². The highest BCUT2D eigenvalue weighted by atomic mass is 31.2. The summed E-state index contributed by atoms with van der Waals surface area (Å²) < 4.78 is 8.92. The molecule has 0 spiro atoms. The van der Waals surface area contributed by atoms with Crippen molar-refractivity contribution in [2.75, 3.05) is 83.2 Å². The van der Waals surface area contributed by atoms with Gasteiger partial charge in [0.05, 0.1) is 83.2 Å². The molecular formula is C27H60N3O19P. The van der Waals surface area contributed by atoms with Gasteiger partial charge in [-0.3, -0.25) is 14.4 Å². The molecule has 0 unspecified atom stereocenters. The van der Waals surface area contributed by atoms with E-state index in [4.69, 9.17) is 49.9 Å². The molecule has 23 heteroatoms. The summed E-state index contributed by atoms with van der Waals surface area (Å²) in [6.45, 7) is -2.00. The van der Waals surface area contributed by atoms with E-state index in [0.29, 0.717) is 18.9 Å². The maximum absolute atomic E-state index is 10.8. The zero-order valence-corrected chi connectivity index (χ0v) is 30.7. The molecule has 0 bridgehead atoms. The molecule has 12 atom stereocenters. The Kier molecular flexibility index (Phi) is 27.3. The third-order valence-corrected chi connectivity index (χ3v) is 6.94. The van der Waals surface area contributed by atoms with Crippen molar-refractivity contribution >= 4 is 26.7 Å². The lowest BCUT2D eigenvalue weighted by atomic mass is 10.0. The first-order valence-corrected chi connectivity index (χ1v) is 16.2. The first-order valence-electron chi connectivity index (χ1n) is 14.7. The summed E-state index contributed by atoms with van der Waals surface area (Å²) >= 11 is 0. The van der Waals surface area contributed by atoms with Crippen molar-refractivity contribution < 1.29 is 108 Å². The first-order chi connectivity index (χ1) is 22.3. The molecule has 12 N–H and O–H groups in total. The van der Waals surface area contributed by atoms with Gasteiger partial charge < -0.3 is 94.0 Å². The molecule has 0 radical (unpaired) electrons. The Bertz CT molecular complexity index is 859. The lowest BCUT2D eigenvalue weighted by Gasteiger charge is -2.36. The Morgan fingerprint density at radius 2 is 0.580 bits per heavy atom. The molecule has 0 fully saturated rings. The second-order valence-corrected chi connectivity index (χ2v) is 14.8. The average Bonchev–Trinajstić information content (AvgIpc) is 2.97. The fourth-order valence-electron chi connectivity index (χ4n) is 3.78. The van der Waals surface area contributed by atoms with Crippen LogP contribution in [0.15, 0.2) is 0 Å². The smallest absolute Gasteiger partial charge is 0.180 e. The van der Waals surface area contributed by atoms with Crippen LogP contribution in [0.1, 0.15) is 0 Å². The molecule has 0 aliphatic rings. The summed E-state index contributed by atoms with van der Waals surface area (Å²) in [5, 5.41) is 110. The largest absolute Gasteiger partial charge is 0.822 e. The minimum absolute atomic E-state index is 0.125. The molecule has 0 aromatic heterocycles. The van der Waals surface area contributed by atoms with Gasteiger partial charge in [-0.05, 0) is 0 Å². The zero-order chi connectivity index (χ0) is 41.2. The number of hydrogen-bond donors (Lipinski definition) is 12. The van der Waals surface area contributed by atoms with Gasteiger partial charge in [0.1, 0.15) is 54.9 Å². The van der Waals surface area contributed by atoms with E-state index in [1.807, 2.05) is 0 Å². The number of nitrogens with zero attached hydrogens (tertiary/aromatic N) is 3. The van der Waals surface area contributed by atoms with Crippen molar-refractivity contribution in [2.24, 2.45) is 0 Å². The Balaban J connectivity index is -0.000000296. The molecule has 22 nitrogen and oxygen atoms in total. The number of rotatable bonds is 18. The SMILES string of the molecule is C[N+](C)(C)[C@@H](C=O)[C@@H](O)[C@H](O)[C@H](O)CO.C[N+](C)(C)[C@@H](C=O)[C@@H](O)[C@H](O)[C@H](O)CO.C[N+](C)(C)[C@@H](C=O)[C@@H](O)[C@H](O)[C@H](O)CO.O=P([O-])([O-])[O-]. The van der Waals surface area contributed by atoms with Gasteiger partial charge in [0.25, 0.3) is 0 Å². The molecule has 302 valence electrons. The molecule has 0 aliphatic heterocycles. The van der Waals surface area contributed by atoms with E-state index in [1.54, 1.807) is 63.4 Å². The van der Waals surface area contributed by atoms with Crippen molar-refractivity contribution in [3.63, 3.8) is 0 Å². The second kappa shape index (κ2) is 24.7. The lowest BCUT2D eigenvalue weighted by Crippen LogP contribution is -2.58. The quantitative estimate of drug-likeness (QED) is 0.0350. The van der Waals surface area contributed by atoms with Gasteiger partial charge in [0.15, 0.2) is 37.0 Å². The van der Waals surface area contributed by atoms with Crippen LogP contribution in [0.5, 0.6) is 0 Å². The van der Waals surface area contributed by atoms with Gasteiger partial charge in [0, 0.05) is 0 Å². The number of carbonyl (C=O) groups excluding carboxylic acids is 3. The Hall–Kier alpha value is -1.48. The van der Waals surface area contributed by atoms with Crippen LogP contribution in [0.4, 0.5) is 0 Å². The predicted octanol–water partition coefficient (Wildman–Crippen LogP) is -10.8. The molecule has 0 amide bonds. The number of aliphatic hydroxyl groups excluding tert-OH is 12. The maximum atomic E-state index is 10.8. The average molecular weight is 762 g/mol. The Morgan fingerprint density at radius 3 is 0.660 bits per heavy atom. The first kappa shape index (κ1) is 55.3. The fraction of sp³-hybridized carbons (Fsp3) is 0.889. The van der Waals surface area contributed by atoms with Gasteiger partial charge in [-0.2, -0.15) is 7.82 Å². The Morgan fingerprint density at radius 1 is 0.440 bits per heavy atom. The van der Waals surface area contributed by atoms with E-state index in [-0.39, 0.29) is 13.4 Å². The van der Waals surface area contributed by atoms with Crippen LogP contribution in [0.25, 0.3) is 0 Å². The predicted molar refractivity (Wildman–Crippen MR) is 167 cm³/mol. The molecule has 0 aromatic carbocycles. The van der Waals surface area contributed by atoms with E-state index in [1.165, 1.54) is 0 Å². The number of aliphatic hydroxyl groups is 12. The molecule has 0 aromatic rings. The van der Waals surface area contributed by atoms with Crippen LogP contribution < -0.4 is 14.7 Å². The van der Waals surface area contributed by atoms with Gasteiger partial charge in [-0.25, -0.2) is 0 Å². The summed E-state index contributed by atoms with van der Waals surface area (Å²) in [4.78, 5) is 58.0. The molecule has 50 heavy (non-hydrogen) atoms. The van der Waals surface area contributed by atoms with E-state index in [0.717, 1.165) is 0 Å². The van der Waals surface area contributed by atoms with Crippen molar-refractivity contribution in [2.45, 2.75) is 73.1 Å². The number of hydrogen-bond acceptors (Lipinski definition) is 19. The molecular weight excluding hydrogens is 701 g/mol. The minimum atomic E-state index is -5.39. The third-order valence-electron chi connectivity index (χ3n) is 6.94. The van der Waals surface area contributed by atoms with E-state index in [9.17, 15) is 45.0 Å². The fourth-order valence-corrected chi connectivity index (χ4v) is 3.78. The summed E-state index contributed by atoms with van der Waals surface area (Å²) in [6, 6.07) is -2.58. The number of aldehydes is 3. The third kappa shape index (κ3) is 23.2. The van der Waals surface area contributed by atoms with Crippen LogP contribution in [0.2, 0.25) is 0 Å². The number of phosphoric acid groups is 1. The van der Waals surface area contributed by atoms with Crippen molar-refractivity contribution in [1.82, 2.24) is 0 Å². The number of likely N-dealkylation sites (N-methyl/N-ethyl adjacent to an activating group) is 3. The van der Waals surface area contributed by atoms with Crippen molar-refractivity contribution in [1.29, 1.82) is 0 Å². The van der Waals surface area contributed by atoms with Gasteiger partial charge in [-0.1, -0.05) is 0 Å². The van der Waals surface area contributed by atoms with E-state index >= 15 is 0 Å². The highest BCUT2D eigenvalue weighted by Gasteiger charge is 2.40. The van der Waals surface area contributed by atoms with Crippen LogP contribution in [0, 0.1) is 0 Å². The molecule has 0 heterocycles. The van der Waals surface area contributed by atoms with E-state index < -0.39 is 101 Å². The minimum Gasteiger partial charge on any atom is -0.822 e. The van der Waals surface area contributed by atoms with Crippen LogP contribution in [-0.2, 0) is 18.9 Å². The monoisotopic (exact) mass is 761 g/mol. The highest BCUT2D eigenvalue weighted by Crippen LogP contribution is 2.14. The second-order valence-electron chi connectivity index (χ2n) is 13.9. The number of quaternary nitrogens is 3. The van der Waals surface area contributed by atoms with E-state index in [2.05, 4.69) is 0 Å². The topological polar surface area (TPSA) is 380 Å². The molecule has 0 rings (SSSR count). The molecule has 0 saturated carbocycles. The van der Waals surface area contributed by atoms with Crippen LogP contribution in [0.3, 0.4) is 0 Å². The molecule has 0 aliphatic carbocycles. The zero-order valence-electron chi connectivity index (χ0n) is 29.8. The van der Waals surface area contributed by atoms with Gasteiger partial charge >= 0.3 is 0 Å². The number of carbonyl (C=O) groups is 3. The van der Waals surface area contributed by atoms with Crippen molar-refractivity contribution in [3.05, 3.63) is 0 Å². The lowest BCUT2D eigenvalue weighted by molar-refractivity contribution is -0.889. The summed E-state index contributed by atoms with van der Waals surface area (Å²) in [5.74, 6) is 0. The standard InChI is InChI=1S/3C9H20NO5.H3O4P/c3*1-10(2,3)6(4-11)8(14)9(15)7(13)5-12;1-5(2,3)4/h3*4,6-9,12-15H,5H2,1-3H3;(H3,1,2,3,4)/q3*+1;/p-3/t3*6-,7+,8+,9+;/m000./s1. The van der Waals surface area contributed by atoms with Crippen LogP contribution >= 0.6 is 7.82 Å². The Labute approximate surface area is 291 Å². The highest BCUT2D eigenvalue weighted by molar-refractivity contribution is 7.40. The maximum Gasteiger partial charge on any atom is 0.180 e. The van der Waals surface area contributed by atoms with Gasteiger partial charge in [0.2, 0.25) is 0 Å². The summed E-state index contributed by atoms with van der Waals surface area (Å²) in [6.07, 6.45) is -11.6. The summed E-state index contributed by atoms with van der Waals surface area (Å²) in [7, 11) is 9.74. The molecule has 0 saturated heterocycles. The summed E-state index contributed by atoms with van der Waals surface area (Å²) in [5.41, 5.74) is 0.